The third kappa shape index (κ3) is 5.59. The van der Waals surface area contributed by atoms with Crippen molar-refractivity contribution in [3.05, 3.63) is 64.8 Å². The molecule has 1 saturated heterocycles. The van der Waals surface area contributed by atoms with Crippen molar-refractivity contribution >= 4 is 52.0 Å². The van der Waals surface area contributed by atoms with Gasteiger partial charge in [0.15, 0.2) is 6.04 Å². The number of aromatic nitrogens is 2. The summed E-state index contributed by atoms with van der Waals surface area (Å²) in [6.07, 6.45) is 0.419. The molecule has 1 aromatic heterocycles. The van der Waals surface area contributed by atoms with Crippen molar-refractivity contribution < 1.29 is 28.7 Å². The molecule has 220 valence electrons. The maximum absolute atomic E-state index is 13.6. The summed E-state index contributed by atoms with van der Waals surface area (Å²) in [5.74, 6) is -1.76. The van der Waals surface area contributed by atoms with E-state index in [9.17, 15) is 24.0 Å². The molecule has 3 heterocycles. The zero-order chi connectivity index (χ0) is 30.0. The van der Waals surface area contributed by atoms with Crippen LogP contribution in [0.1, 0.15) is 46.1 Å². The summed E-state index contributed by atoms with van der Waals surface area (Å²) in [4.78, 5) is 67.2. The van der Waals surface area contributed by atoms with Gasteiger partial charge in [-0.05, 0) is 29.7 Å². The lowest BCUT2D eigenvalue weighted by Gasteiger charge is -2.31. The normalized spacial score (nSPS) is 17.3. The molecule has 2 N–H and O–H groups in total. The van der Waals surface area contributed by atoms with Gasteiger partial charge in [-0.15, -0.1) is 11.6 Å². The Labute approximate surface area is 246 Å². The number of hydrogen-bond donors (Lipinski definition) is 2. The van der Waals surface area contributed by atoms with Crippen LogP contribution in [0.25, 0.3) is 10.9 Å². The Hall–Kier alpha value is -4.29. The Morgan fingerprint density at radius 3 is 2.74 bits per heavy atom. The Morgan fingerprint density at radius 1 is 1.21 bits per heavy atom. The molecule has 2 atom stereocenters. The average molecular weight is 595 g/mol. The number of alkyl halides is 1. The summed E-state index contributed by atoms with van der Waals surface area (Å²) in [6, 6.07) is 10.8. The van der Waals surface area contributed by atoms with Crippen LogP contribution in [0.15, 0.2) is 42.5 Å². The van der Waals surface area contributed by atoms with E-state index in [1.807, 2.05) is 24.3 Å². The number of carbonyl (C=O) groups is 5. The fraction of sp³-hybridized carbons (Fsp3) is 0.379. The molecule has 0 bridgehead atoms. The highest BCUT2D eigenvalue weighted by Crippen LogP contribution is 2.32. The van der Waals surface area contributed by atoms with E-state index >= 15 is 0 Å². The van der Waals surface area contributed by atoms with Gasteiger partial charge >= 0.3 is 0 Å². The molecule has 3 aromatic rings. The zero-order valence-corrected chi connectivity index (χ0v) is 24.0. The highest BCUT2D eigenvalue weighted by molar-refractivity contribution is 6.18. The van der Waals surface area contributed by atoms with E-state index in [0.29, 0.717) is 27.9 Å². The van der Waals surface area contributed by atoms with E-state index in [2.05, 4.69) is 15.7 Å². The SMILES string of the molecule is CNC(=O)C(c1c2ccccc2nn1C)N(Cc1ccc2c(c1)CN(C1CCC(=O)NC1=O)C2=O)C(=O)COCCCl. The Morgan fingerprint density at radius 2 is 2.00 bits per heavy atom. The molecule has 1 fully saturated rings. The second-order valence-corrected chi connectivity index (χ2v) is 10.6. The van der Waals surface area contributed by atoms with E-state index < -0.39 is 29.8 Å². The zero-order valence-electron chi connectivity index (χ0n) is 23.3. The lowest BCUT2D eigenvalue weighted by atomic mass is 10.0. The maximum atomic E-state index is 13.6. The number of piperidine rings is 1. The fourth-order valence-corrected chi connectivity index (χ4v) is 5.69. The second kappa shape index (κ2) is 12.3. The topological polar surface area (TPSA) is 143 Å². The molecule has 5 amide bonds. The number of likely N-dealkylation sites (N-methyl/N-ethyl adjacent to an activating group) is 1. The van der Waals surface area contributed by atoms with Gasteiger partial charge in [-0.3, -0.25) is 34.0 Å². The number of ether oxygens (including phenoxy) is 1. The Balaban J connectivity index is 1.49. The van der Waals surface area contributed by atoms with E-state index in [-0.39, 0.29) is 56.8 Å². The first-order chi connectivity index (χ1) is 20.2. The monoisotopic (exact) mass is 594 g/mol. The molecule has 2 aliphatic heterocycles. The van der Waals surface area contributed by atoms with Gasteiger partial charge in [0.1, 0.15) is 12.6 Å². The van der Waals surface area contributed by atoms with Crippen LogP contribution in [-0.2, 0) is 44.1 Å². The minimum atomic E-state index is -1.05. The molecule has 0 radical (unpaired) electrons. The minimum absolute atomic E-state index is 0.0283. The molecule has 13 heteroatoms. The van der Waals surface area contributed by atoms with Crippen LogP contribution in [0, 0.1) is 0 Å². The van der Waals surface area contributed by atoms with Crippen molar-refractivity contribution in [1.82, 2.24) is 30.2 Å². The number of nitrogens with one attached hydrogen (secondary N) is 2. The van der Waals surface area contributed by atoms with Crippen LogP contribution < -0.4 is 10.6 Å². The first kappa shape index (κ1) is 29.2. The Bertz CT molecular complexity index is 1570. The molecule has 0 aliphatic carbocycles. The van der Waals surface area contributed by atoms with Crippen molar-refractivity contribution in [2.45, 2.75) is 38.0 Å². The molecule has 0 saturated carbocycles. The largest absolute Gasteiger partial charge is 0.370 e. The van der Waals surface area contributed by atoms with Crippen molar-refractivity contribution in [3.63, 3.8) is 0 Å². The molecule has 12 nitrogen and oxygen atoms in total. The summed E-state index contributed by atoms with van der Waals surface area (Å²) in [6.45, 7) is 0.0904. The first-order valence-corrected chi connectivity index (χ1v) is 14.1. The second-order valence-electron chi connectivity index (χ2n) is 10.2. The number of amides is 5. The third-order valence-corrected chi connectivity index (χ3v) is 7.71. The van der Waals surface area contributed by atoms with Crippen LogP contribution >= 0.6 is 11.6 Å². The number of carbonyl (C=O) groups excluding carboxylic acids is 5. The molecule has 42 heavy (non-hydrogen) atoms. The quantitative estimate of drug-likeness (QED) is 0.205. The van der Waals surface area contributed by atoms with Crippen LogP contribution in [0.4, 0.5) is 0 Å². The van der Waals surface area contributed by atoms with Crippen molar-refractivity contribution in [2.75, 3.05) is 26.1 Å². The number of imide groups is 1. The average Bonchev–Trinajstić information content (AvgIpc) is 3.48. The van der Waals surface area contributed by atoms with E-state index in [1.165, 1.54) is 16.8 Å². The summed E-state index contributed by atoms with van der Waals surface area (Å²) in [7, 11) is 3.23. The number of aryl methyl sites for hydroxylation is 1. The molecular weight excluding hydrogens is 564 g/mol. The molecule has 2 aliphatic rings. The van der Waals surface area contributed by atoms with E-state index in [0.717, 1.165) is 5.39 Å². The van der Waals surface area contributed by atoms with Gasteiger partial charge in [0.05, 0.1) is 17.8 Å². The predicted molar refractivity (Wildman–Crippen MR) is 152 cm³/mol. The summed E-state index contributed by atoms with van der Waals surface area (Å²) >= 11 is 5.75. The number of nitrogens with zero attached hydrogens (tertiary/aromatic N) is 4. The van der Waals surface area contributed by atoms with Crippen molar-refractivity contribution in [2.24, 2.45) is 7.05 Å². The van der Waals surface area contributed by atoms with Crippen LogP contribution in [0.2, 0.25) is 0 Å². The van der Waals surface area contributed by atoms with Gasteiger partial charge in [-0.1, -0.05) is 30.3 Å². The summed E-state index contributed by atoms with van der Waals surface area (Å²) in [5.41, 5.74) is 3.04. The van der Waals surface area contributed by atoms with Gasteiger partial charge < -0.3 is 19.9 Å². The smallest absolute Gasteiger partial charge is 0.255 e. The molecule has 5 rings (SSSR count). The third-order valence-electron chi connectivity index (χ3n) is 7.56. The standard InChI is InChI=1S/C29H31ClN6O6/c1-31-28(40)26(25-20-5-3-4-6-21(20)33-34(25)2)36(24(38)16-42-12-11-30)14-17-7-8-19-18(13-17)15-35(29(19)41)22-9-10-23(37)32-27(22)39/h3-8,13,22,26H,9-12,14-16H2,1-2H3,(H,31,40)(H,32,37,39). The maximum Gasteiger partial charge on any atom is 0.255 e. The number of fused-ring (bicyclic) bond motifs is 2. The van der Waals surface area contributed by atoms with Gasteiger partial charge in [0.2, 0.25) is 23.6 Å². The van der Waals surface area contributed by atoms with Crippen molar-refractivity contribution in [1.29, 1.82) is 0 Å². The lowest BCUT2D eigenvalue weighted by Crippen LogP contribution is -2.52. The number of benzene rings is 2. The van der Waals surface area contributed by atoms with Gasteiger partial charge in [0.25, 0.3) is 5.91 Å². The lowest BCUT2D eigenvalue weighted by molar-refractivity contribution is -0.145. The number of rotatable bonds is 10. The number of halogens is 1. The summed E-state index contributed by atoms with van der Waals surface area (Å²) in [5, 5.41) is 10.3. The van der Waals surface area contributed by atoms with Crippen LogP contribution in [0.3, 0.4) is 0 Å². The minimum Gasteiger partial charge on any atom is -0.370 e. The van der Waals surface area contributed by atoms with E-state index in [1.54, 1.807) is 29.9 Å². The highest BCUT2D eigenvalue weighted by Gasteiger charge is 2.40. The van der Waals surface area contributed by atoms with Crippen LogP contribution in [0.5, 0.6) is 0 Å². The van der Waals surface area contributed by atoms with Gasteiger partial charge in [-0.2, -0.15) is 5.10 Å². The number of hydrogen-bond acceptors (Lipinski definition) is 7. The predicted octanol–water partition coefficient (Wildman–Crippen LogP) is 1.41. The van der Waals surface area contributed by atoms with E-state index in [4.69, 9.17) is 16.3 Å². The van der Waals surface area contributed by atoms with Gasteiger partial charge in [-0.25, -0.2) is 0 Å². The molecule has 2 unspecified atom stereocenters. The highest BCUT2D eigenvalue weighted by atomic mass is 35.5. The van der Waals surface area contributed by atoms with Gasteiger partial charge in [0, 0.05) is 50.4 Å². The summed E-state index contributed by atoms with van der Waals surface area (Å²) < 4.78 is 7.06. The van der Waals surface area contributed by atoms with Crippen LogP contribution in [-0.4, -0.2) is 81.3 Å². The fourth-order valence-electron chi connectivity index (χ4n) is 5.58. The molecule has 2 aromatic carbocycles. The van der Waals surface area contributed by atoms with Crippen molar-refractivity contribution in [3.8, 4) is 0 Å². The first-order valence-electron chi connectivity index (χ1n) is 13.6. The molecule has 0 spiro atoms. The Kier molecular flexibility index (Phi) is 8.55. The molecular formula is C29H31ClN6O6.